The molecule has 3 heteroatoms. The predicted molar refractivity (Wildman–Crippen MR) is 51.7 cm³/mol. The molecular weight excluding hydrogens is 180 g/mol. The molecule has 73 valence electrons. The first-order valence-electron chi connectivity index (χ1n) is 4.42. The molecule has 0 amide bonds. The fraction of sp³-hybridized carbons (Fsp3) is 0.273. The maximum atomic E-state index is 11.3. The van der Waals surface area contributed by atoms with Crippen LogP contribution in [-0.2, 0) is 9.53 Å². The quantitative estimate of drug-likeness (QED) is 0.526. The van der Waals surface area contributed by atoms with Crippen LogP contribution >= 0.6 is 0 Å². The van der Waals surface area contributed by atoms with E-state index in [0.29, 0.717) is 18.4 Å². The second-order valence-corrected chi connectivity index (χ2v) is 2.75. The highest BCUT2D eigenvalue weighted by Gasteiger charge is 2.04. The zero-order valence-corrected chi connectivity index (χ0v) is 7.73. The Hall–Kier alpha value is -1.64. The molecule has 0 aliphatic carbocycles. The summed E-state index contributed by atoms with van der Waals surface area (Å²) in [6.07, 6.45) is 2.58. The van der Waals surface area contributed by atoms with Gasteiger partial charge in [-0.2, -0.15) is 0 Å². The molecule has 1 aromatic carbocycles. The summed E-state index contributed by atoms with van der Waals surface area (Å²) >= 11 is 0. The molecular formula is C11H11O3. The molecule has 14 heavy (non-hydrogen) atoms. The Morgan fingerprint density at radius 1 is 1.29 bits per heavy atom. The van der Waals surface area contributed by atoms with Gasteiger partial charge in [0.1, 0.15) is 0 Å². The van der Waals surface area contributed by atoms with Gasteiger partial charge in [0.2, 0.25) is 0 Å². The van der Waals surface area contributed by atoms with Crippen LogP contribution in [0.5, 0.6) is 0 Å². The van der Waals surface area contributed by atoms with Crippen LogP contribution in [0.25, 0.3) is 0 Å². The molecule has 0 saturated heterocycles. The third-order valence-corrected chi connectivity index (χ3v) is 1.67. The van der Waals surface area contributed by atoms with Gasteiger partial charge in [-0.1, -0.05) is 18.2 Å². The van der Waals surface area contributed by atoms with Crippen LogP contribution in [0.3, 0.4) is 0 Å². The Morgan fingerprint density at radius 3 is 2.64 bits per heavy atom. The standard InChI is InChI=1S/C11H11O3/c12-8-4-5-9-14-11(13)10-6-2-1-3-7-10/h1-3,6-7H,4-5,9H2. The van der Waals surface area contributed by atoms with Gasteiger partial charge in [-0.3, -0.25) is 4.79 Å². The minimum Gasteiger partial charge on any atom is -0.462 e. The minimum absolute atomic E-state index is 0.267. The highest BCUT2D eigenvalue weighted by atomic mass is 16.5. The molecule has 0 saturated carbocycles. The lowest BCUT2D eigenvalue weighted by molar-refractivity contribution is 0.0502. The van der Waals surface area contributed by atoms with Gasteiger partial charge in [0.05, 0.1) is 12.2 Å². The van der Waals surface area contributed by atoms with Crippen molar-refractivity contribution in [2.75, 3.05) is 6.61 Å². The normalized spacial score (nSPS) is 9.43. The minimum atomic E-state index is -0.350. The fourth-order valence-electron chi connectivity index (χ4n) is 0.967. The number of esters is 1. The van der Waals surface area contributed by atoms with E-state index in [4.69, 9.17) is 4.74 Å². The number of carbonyl (C=O) groups excluding carboxylic acids is 2. The van der Waals surface area contributed by atoms with Crippen molar-refractivity contribution in [3.8, 4) is 0 Å². The third kappa shape index (κ3) is 3.39. The zero-order chi connectivity index (χ0) is 10.2. The predicted octanol–water partition coefficient (Wildman–Crippen LogP) is 1.73. The molecule has 1 aromatic rings. The van der Waals surface area contributed by atoms with E-state index in [9.17, 15) is 9.59 Å². The molecule has 1 radical (unpaired) electrons. The van der Waals surface area contributed by atoms with Crippen molar-refractivity contribution in [1.82, 2.24) is 0 Å². The van der Waals surface area contributed by atoms with Gasteiger partial charge in [0, 0.05) is 6.42 Å². The topological polar surface area (TPSA) is 43.4 Å². The van der Waals surface area contributed by atoms with Crippen LogP contribution in [0.4, 0.5) is 0 Å². The van der Waals surface area contributed by atoms with Crippen molar-refractivity contribution in [2.24, 2.45) is 0 Å². The van der Waals surface area contributed by atoms with Gasteiger partial charge < -0.3 is 4.74 Å². The van der Waals surface area contributed by atoms with Crippen molar-refractivity contribution in [3.05, 3.63) is 35.9 Å². The molecule has 0 spiro atoms. The van der Waals surface area contributed by atoms with Gasteiger partial charge >= 0.3 is 5.97 Å². The molecule has 0 fully saturated rings. The first-order chi connectivity index (χ1) is 6.84. The smallest absolute Gasteiger partial charge is 0.338 e. The van der Waals surface area contributed by atoms with Crippen LogP contribution in [0, 0.1) is 0 Å². The summed E-state index contributed by atoms with van der Waals surface area (Å²) in [5, 5.41) is 0. The lowest BCUT2D eigenvalue weighted by atomic mass is 10.2. The lowest BCUT2D eigenvalue weighted by Gasteiger charge is -2.02. The van der Waals surface area contributed by atoms with Crippen LogP contribution in [0.15, 0.2) is 30.3 Å². The zero-order valence-electron chi connectivity index (χ0n) is 7.73. The number of rotatable bonds is 5. The van der Waals surface area contributed by atoms with E-state index in [1.54, 1.807) is 30.6 Å². The first-order valence-corrected chi connectivity index (χ1v) is 4.42. The summed E-state index contributed by atoms with van der Waals surface area (Å²) < 4.78 is 4.91. The second kappa shape index (κ2) is 5.91. The maximum Gasteiger partial charge on any atom is 0.338 e. The van der Waals surface area contributed by atoms with E-state index < -0.39 is 0 Å². The summed E-state index contributed by atoms with van der Waals surface area (Å²) in [5.41, 5.74) is 0.530. The first kappa shape index (κ1) is 10.4. The summed E-state index contributed by atoms with van der Waals surface area (Å²) in [6.45, 7) is 0.267. The molecule has 0 heterocycles. The van der Waals surface area contributed by atoms with Crippen LogP contribution in [-0.4, -0.2) is 18.9 Å². The van der Waals surface area contributed by atoms with Gasteiger partial charge in [0.15, 0.2) is 6.29 Å². The van der Waals surface area contributed by atoms with E-state index in [0.717, 1.165) is 0 Å². The van der Waals surface area contributed by atoms with E-state index in [-0.39, 0.29) is 12.6 Å². The van der Waals surface area contributed by atoms with E-state index in [1.807, 2.05) is 6.07 Å². The van der Waals surface area contributed by atoms with Crippen LogP contribution in [0.2, 0.25) is 0 Å². The van der Waals surface area contributed by atoms with Crippen molar-refractivity contribution >= 4 is 12.3 Å². The summed E-state index contributed by atoms with van der Waals surface area (Å²) in [4.78, 5) is 21.1. The Balaban J connectivity index is 2.32. The maximum absolute atomic E-state index is 11.3. The van der Waals surface area contributed by atoms with E-state index >= 15 is 0 Å². The summed E-state index contributed by atoms with van der Waals surface area (Å²) in [5.74, 6) is -0.350. The Kier molecular flexibility index (Phi) is 4.41. The van der Waals surface area contributed by atoms with Crippen molar-refractivity contribution in [1.29, 1.82) is 0 Å². The number of ether oxygens (including phenoxy) is 1. The van der Waals surface area contributed by atoms with Gasteiger partial charge in [0.25, 0.3) is 0 Å². The van der Waals surface area contributed by atoms with Gasteiger partial charge in [-0.15, -0.1) is 0 Å². The van der Waals surface area contributed by atoms with Crippen molar-refractivity contribution < 1.29 is 14.3 Å². The van der Waals surface area contributed by atoms with Crippen LogP contribution < -0.4 is 0 Å². The Labute approximate surface area is 82.7 Å². The van der Waals surface area contributed by atoms with Gasteiger partial charge in [-0.05, 0) is 18.6 Å². The van der Waals surface area contributed by atoms with Gasteiger partial charge in [-0.25, -0.2) is 4.79 Å². The molecule has 0 bridgehead atoms. The summed E-state index contributed by atoms with van der Waals surface area (Å²) in [6, 6.07) is 8.76. The van der Waals surface area contributed by atoms with Crippen molar-refractivity contribution in [2.45, 2.75) is 12.8 Å². The SMILES string of the molecule is O=[C]CCCOC(=O)c1ccccc1. The number of benzene rings is 1. The Morgan fingerprint density at radius 2 is 2.00 bits per heavy atom. The van der Waals surface area contributed by atoms with E-state index in [1.165, 1.54) is 0 Å². The third-order valence-electron chi connectivity index (χ3n) is 1.67. The lowest BCUT2D eigenvalue weighted by Crippen LogP contribution is -2.06. The second-order valence-electron chi connectivity index (χ2n) is 2.75. The molecule has 0 atom stereocenters. The molecule has 0 unspecified atom stereocenters. The molecule has 0 aliphatic heterocycles. The number of carbonyl (C=O) groups is 1. The number of hydrogen-bond acceptors (Lipinski definition) is 3. The molecule has 0 N–H and O–H groups in total. The number of unbranched alkanes of at least 4 members (excludes halogenated alkanes) is 1. The van der Waals surface area contributed by atoms with Crippen molar-refractivity contribution in [3.63, 3.8) is 0 Å². The monoisotopic (exact) mass is 191 g/mol. The molecule has 3 nitrogen and oxygen atoms in total. The highest BCUT2D eigenvalue weighted by molar-refractivity contribution is 5.89. The molecule has 0 aromatic heterocycles. The van der Waals surface area contributed by atoms with E-state index in [2.05, 4.69) is 0 Å². The Bertz CT molecular complexity index is 293. The average Bonchev–Trinajstić information content (AvgIpc) is 2.25. The fourth-order valence-corrected chi connectivity index (χ4v) is 0.967. The largest absolute Gasteiger partial charge is 0.462 e. The highest BCUT2D eigenvalue weighted by Crippen LogP contribution is 2.01. The van der Waals surface area contributed by atoms with Crippen LogP contribution in [0.1, 0.15) is 23.2 Å². The molecule has 1 rings (SSSR count). The molecule has 0 aliphatic rings. The average molecular weight is 191 g/mol. The number of hydrogen-bond donors (Lipinski definition) is 0. The summed E-state index contributed by atoms with van der Waals surface area (Å²) in [7, 11) is 0.